The van der Waals surface area contributed by atoms with Crippen LogP contribution in [0.1, 0.15) is 17.7 Å². The number of nitrogens with zero attached hydrogens (tertiary/aromatic N) is 2. The molecule has 1 aromatic carbocycles. The molecule has 1 unspecified atom stereocenters. The van der Waals surface area contributed by atoms with Gasteiger partial charge in [-0.05, 0) is 25.5 Å². The molecule has 0 radical (unpaired) electrons. The first-order valence-electron chi connectivity index (χ1n) is 7.20. The third-order valence-electron chi connectivity index (χ3n) is 3.74. The quantitative estimate of drug-likeness (QED) is 0.813. The molecule has 1 aromatic heterocycles. The highest BCUT2D eigenvalue weighted by Crippen LogP contribution is 2.25. The van der Waals surface area contributed by atoms with Gasteiger partial charge in [0, 0.05) is 12.2 Å². The minimum absolute atomic E-state index is 0.132. The first-order valence-corrected chi connectivity index (χ1v) is 7.58. The Morgan fingerprint density at radius 3 is 2.91 bits per heavy atom. The fraction of sp³-hybridized carbons (Fsp3) is 0.375. The van der Waals surface area contributed by atoms with Crippen LogP contribution in [0.15, 0.2) is 30.3 Å². The lowest BCUT2D eigenvalue weighted by molar-refractivity contribution is -0.149. The van der Waals surface area contributed by atoms with Crippen molar-refractivity contribution in [1.29, 1.82) is 0 Å². The Morgan fingerprint density at radius 1 is 1.45 bits per heavy atom. The minimum atomic E-state index is -0.236. The Morgan fingerprint density at radius 2 is 2.23 bits per heavy atom. The molecule has 116 valence electrons. The monoisotopic (exact) mass is 320 g/mol. The van der Waals surface area contributed by atoms with Gasteiger partial charge in [-0.1, -0.05) is 29.8 Å². The van der Waals surface area contributed by atoms with E-state index in [1.807, 2.05) is 37.3 Å². The lowest BCUT2D eigenvalue weighted by atomic mass is 10.1. The van der Waals surface area contributed by atoms with E-state index in [2.05, 4.69) is 5.10 Å². The van der Waals surface area contributed by atoms with Crippen molar-refractivity contribution >= 4 is 17.6 Å². The van der Waals surface area contributed by atoms with E-state index < -0.39 is 0 Å². The normalized spacial score (nSPS) is 17.6. The minimum Gasteiger partial charge on any atom is -0.460 e. The number of hydrogen-bond donors (Lipinski definition) is 0. The summed E-state index contributed by atoms with van der Waals surface area (Å²) in [7, 11) is 0. The molecule has 0 saturated carbocycles. The molecule has 0 bridgehead atoms. The van der Waals surface area contributed by atoms with Gasteiger partial charge in [0.05, 0.1) is 23.9 Å². The van der Waals surface area contributed by atoms with Gasteiger partial charge in [0.1, 0.15) is 11.8 Å². The van der Waals surface area contributed by atoms with Crippen molar-refractivity contribution in [1.82, 2.24) is 9.78 Å². The summed E-state index contributed by atoms with van der Waals surface area (Å²) in [5.41, 5.74) is 2.36. The fourth-order valence-electron chi connectivity index (χ4n) is 2.42. The number of aromatic nitrogens is 2. The molecule has 1 fully saturated rings. The second kappa shape index (κ2) is 6.50. The lowest BCUT2D eigenvalue weighted by Gasteiger charge is -2.08. The Bertz CT molecular complexity index is 664. The molecule has 5 nitrogen and oxygen atoms in total. The first kappa shape index (κ1) is 15.1. The zero-order valence-electron chi connectivity index (χ0n) is 12.3. The van der Waals surface area contributed by atoms with Gasteiger partial charge >= 0.3 is 5.97 Å². The molecule has 0 aliphatic carbocycles. The Balaban J connectivity index is 1.74. The highest BCUT2D eigenvalue weighted by atomic mass is 35.5. The van der Waals surface area contributed by atoms with Crippen molar-refractivity contribution in [2.45, 2.75) is 20.0 Å². The summed E-state index contributed by atoms with van der Waals surface area (Å²) in [6.07, 6.45) is 0.717. The zero-order chi connectivity index (χ0) is 15.5. The molecule has 3 rings (SSSR count). The number of benzene rings is 1. The maximum absolute atomic E-state index is 11.9. The van der Waals surface area contributed by atoms with Crippen molar-refractivity contribution in [3.05, 3.63) is 46.7 Å². The topological polar surface area (TPSA) is 53.4 Å². The maximum Gasteiger partial charge on any atom is 0.311 e. The molecule has 22 heavy (non-hydrogen) atoms. The van der Waals surface area contributed by atoms with Gasteiger partial charge in [-0.15, -0.1) is 0 Å². The van der Waals surface area contributed by atoms with Gasteiger partial charge in [0.2, 0.25) is 0 Å². The van der Waals surface area contributed by atoms with Crippen LogP contribution in [-0.2, 0) is 20.9 Å². The molecule has 1 saturated heterocycles. The molecular weight excluding hydrogens is 304 g/mol. The molecular formula is C16H17ClN2O3. The summed E-state index contributed by atoms with van der Waals surface area (Å²) >= 11 is 6.39. The predicted octanol–water partition coefficient (Wildman–Crippen LogP) is 2.91. The van der Waals surface area contributed by atoms with Crippen molar-refractivity contribution in [2.24, 2.45) is 5.92 Å². The molecule has 2 heterocycles. The van der Waals surface area contributed by atoms with Crippen LogP contribution >= 0.6 is 11.6 Å². The Labute approximate surface area is 133 Å². The molecule has 0 spiro atoms. The van der Waals surface area contributed by atoms with E-state index in [0.717, 1.165) is 23.4 Å². The first-order chi connectivity index (χ1) is 10.7. The molecule has 6 heteroatoms. The van der Waals surface area contributed by atoms with Gasteiger partial charge in [-0.3, -0.25) is 4.79 Å². The number of ether oxygens (including phenoxy) is 2. The number of carbonyl (C=O) groups is 1. The summed E-state index contributed by atoms with van der Waals surface area (Å²) in [6, 6.07) is 9.61. The molecule has 1 atom stereocenters. The average Bonchev–Trinajstić information content (AvgIpc) is 3.15. The summed E-state index contributed by atoms with van der Waals surface area (Å²) in [5.74, 6) is -0.399. The van der Waals surface area contributed by atoms with Gasteiger partial charge in [-0.25, -0.2) is 4.68 Å². The third-order valence-corrected chi connectivity index (χ3v) is 4.13. The van der Waals surface area contributed by atoms with Crippen LogP contribution in [0.4, 0.5) is 0 Å². The van der Waals surface area contributed by atoms with Crippen LogP contribution in [0.25, 0.3) is 5.69 Å². The van der Waals surface area contributed by atoms with E-state index >= 15 is 0 Å². The van der Waals surface area contributed by atoms with Crippen LogP contribution in [0.5, 0.6) is 0 Å². The van der Waals surface area contributed by atoms with Crippen LogP contribution in [0.3, 0.4) is 0 Å². The second-order valence-electron chi connectivity index (χ2n) is 5.27. The maximum atomic E-state index is 11.9. The lowest BCUT2D eigenvalue weighted by Crippen LogP contribution is -2.17. The van der Waals surface area contributed by atoms with E-state index in [4.69, 9.17) is 21.1 Å². The number of carbonyl (C=O) groups excluding carboxylic acids is 1. The van der Waals surface area contributed by atoms with Gasteiger partial charge in [-0.2, -0.15) is 5.10 Å². The van der Waals surface area contributed by atoms with Crippen molar-refractivity contribution in [2.75, 3.05) is 13.2 Å². The fourth-order valence-corrected chi connectivity index (χ4v) is 2.74. The van der Waals surface area contributed by atoms with E-state index in [-0.39, 0.29) is 18.5 Å². The number of halogens is 1. The van der Waals surface area contributed by atoms with Crippen LogP contribution in [0, 0.1) is 12.8 Å². The van der Waals surface area contributed by atoms with E-state index in [0.29, 0.717) is 18.4 Å². The standard InChI is InChI=1S/C16H17ClN2O3/c1-11-14(10-22-16(20)12-7-8-21-9-12)15(17)19(18-11)13-5-3-2-4-6-13/h2-6,12H,7-10H2,1H3. The highest BCUT2D eigenvalue weighted by Gasteiger charge is 2.26. The van der Waals surface area contributed by atoms with E-state index in [9.17, 15) is 4.79 Å². The molecule has 1 aliphatic heterocycles. The number of rotatable bonds is 4. The number of hydrogen-bond acceptors (Lipinski definition) is 4. The Kier molecular flexibility index (Phi) is 4.45. The second-order valence-corrected chi connectivity index (χ2v) is 5.63. The largest absolute Gasteiger partial charge is 0.460 e. The Hall–Kier alpha value is -1.85. The van der Waals surface area contributed by atoms with E-state index in [1.165, 1.54) is 0 Å². The highest BCUT2D eigenvalue weighted by molar-refractivity contribution is 6.30. The van der Waals surface area contributed by atoms with Crippen LogP contribution in [-0.4, -0.2) is 29.0 Å². The molecule has 0 N–H and O–H groups in total. The summed E-state index contributed by atoms with van der Waals surface area (Å²) < 4.78 is 12.2. The number of aryl methyl sites for hydroxylation is 1. The van der Waals surface area contributed by atoms with E-state index in [1.54, 1.807) is 4.68 Å². The summed E-state index contributed by atoms with van der Waals surface area (Å²) in [4.78, 5) is 11.9. The van der Waals surface area contributed by atoms with Gasteiger partial charge < -0.3 is 9.47 Å². The van der Waals surface area contributed by atoms with Crippen molar-refractivity contribution in [3.8, 4) is 5.69 Å². The van der Waals surface area contributed by atoms with Crippen molar-refractivity contribution in [3.63, 3.8) is 0 Å². The number of esters is 1. The third kappa shape index (κ3) is 3.00. The number of para-hydroxylation sites is 1. The average molecular weight is 321 g/mol. The predicted molar refractivity (Wildman–Crippen MR) is 82.0 cm³/mol. The molecule has 2 aromatic rings. The van der Waals surface area contributed by atoms with Gasteiger partial charge in [0.15, 0.2) is 0 Å². The smallest absolute Gasteiger partial charge is 0.311 e. The summed E-state index contributed by atoms with van der Waals surface area (Å²) in [6.45, 7) is 3.04. The SMILES string of the molecule is Cc1nn(-c2ccccc2)c(Cl)c1COC(=O)C1CCOC1. The van der Waals surface area contributed by atoms with Crippen LogP contribution in [0.2, 0.25) is 5.15 Å². The van der Waals surface area contributed by atoms with Crippen LogP contribution < -0.4 is 0 Å². The van der Waals surface area contributed by atoms with Gasteiger partial charge in [0.25, 0.3) is 0 Å². The zero-order valence-corrected chi connectivity index (χ0v) is 13.0. The molecule has 0 amide bonds. The molecule has 1 aliphatic rings. The summed E-state index contributed by atoms with van der Waals surface area (Å²) in [5, 5.41) is 4.90. The van der Waals surface area contributed by atoms with Crippen molar-refractivity contribution < 1.29 is 14.3 Å².